The number of benzene rings is 2. The number of hydroxylamine groups is 1. The number of carbonyl (C=O) groups is 1. The lowest BCUT2D eigenvalue weighted by molar-refractivity contribution is -0.140. The molecule has 0 saturated heterocycles. The third kappa shape index (κ3) is 5.41. The van der Waals surface area contributed by atoms with E-state index < -0.39 is 17.7 Å². The van der Waals surface area contributed by atoms with E-state index in [1.165, 1.54) is 37.5 Å². The van der Waals surface area contributed by atoms with Gasteiger partial charge < -0.3 is 9.47 Å². The molecular weight excluding hydrogens is 410 g/mol. The highest BCUT2D eigenvalue weighted by atomic mass is 35.5. The summed E-state index contributed by atoms with van der Waals surface area (Å²) < 4.78 is 48.3. The van der Waals surface area contributed by atoms with Crippen molar-refractivity contribution < 1.29 is 32.3 Å². The second-order valence-corrected chi connectivity index (χ2v) is 5.97. The molecule has 0 aromatic heterocycles. The van der Waals surface area contributed by atoms with Gasteiger partial charge in [0.15, 0.2) is 0 Å². The summed E-state index contributed by atoms with van der Waals surface area (Å²) in [6.45, 7) is -0.239. The quantitative estimate of drug-likeness (QED) is 0.463. The molecule has 0 amide bonds. The number of halogens is 5. The largest absolute Gasteiger partial charge is 0.468 e. The van der Waals surface area contributed by atoms with Crippen molar-refractivity contribution in [2.75, 3.05) is 25.8 Å². The Morgan fingerprint density at radius 1 is 1.07 bits per heavy atom. The molecule has 2 rings (SSSR count). The van der Waals surface area contributed by atoms with Gasteiger partial charge in [-0.3, -0.25) is 9.63 Å². The Bertz CT molecular complexity index is 830. The van der Waals surface area contributed by atoms with Gasteiger partial charge in [0.1, 0.15) is 18.0 Å². The van der Waals surface area contributed by atoms with Crippen molar-refractivity contribution in [3.05, 3.63) is 52.0 Å². The molecule has 0 bridgehead atoms. The number of hydrogen-bond acceptors (Lipinski definition) is 5. The van der Waals surface area contributed by atoms with Crippen LogP contribution in [-0.2, 0) is 20.5 Å². The van der Waals surface area contributed by atoms with Crippen LogP contribution < -0.4 is 9.80 Å². The summed E-state index contributed by atoms with van der Waals surface area (Å²) in [6.07, 6.45) is -4.51. The van der Waals surface area contributed by atoms with Crippen LogP contribution in [0.25, 0.3) is 0 Å². The van der Waals surface area contributed by atoms with Gasteiger partial charge in [-0.05, 0) is 30.3 Å². The molecule has 10 heteroatoms. The first kappa shape index (κ1) is 21.1. The van der Waals surface area contributed by atoms with Gasteiger partial charge in [-0.2, -0.15) is 13.2 Å². The number of nitrogens with zero attached hydrogens (tertiary/aromatic N) is 1. The molecule has 0 aliphatic heterocycles. The number of hydrogen-bond donors (Lipinski definition) is 0. The average molecular weight is 424 g/mol. The van der Waals surface area contributed by atoms with E-state index in [0.29, 0.717) is 5.69 Å². The molecule has 0 fully saturated rings. The van der Waals surface area contributed by atoms with Gasteiger partial charge in [0.25, 0.3) is 0 Å². The molecule has 27 heavy (non-hydrogen) atoms. The summed E-state index contributed by atoms with van der Waals surface area (Å²) in [5, 5.41) is 1.22. The Kier molecular flexibility index (Phi) is 6.80. The van der Waals surface area contributed by atoms with Crippen LogP contribution in [0.2, 0.25) is 10.0 Å². The van der Waals surface area contributed by atoms with Crippen molar-refractivity contribution in [3.63, 3.8) is 0 Å². The second kappa shape index (κ2) is 8.69. The Balaban J connectivity index is 2.29. The molecule has 0 spiro atoms. The number of methoxy groups -OCH3 is 1. The summed E-state index contributed by atoms with van der Waals surface area (Å²) in [6, 6.07) is 7.16. The minimum Gasteiger partial charge on any atom is -0.468 e. The number of rotatable bonds is 6. The maximum Gasteiger partial charge on any atom is 0.416 e. The van der Waals surface area contributed by atoms with Crippen LogP contribution in [0, 0.1) is 0 Å². The van der Waals surface area contributed by atoms with Crippen molar-refractivity contribution in [1.82, 2.24) is 0 Å². The zero-order valence-electron chi connectivity index (χ0n) is 14.1. The van der Waals surface area contributed by atoms with Crippen LogP contribution in [0.4, 0.5) is 18.9 Å². The molecular formula is C17H14Cl2F3NO4. The lowest BCUT2D eigenvalue weighted by Gasteiger charge is -2.22. The molecule has 0 atom stereocenters. The van der Waals surface area contributed by atoms with Crippen molar-refractivity contribution >= 4 is 34.9 Å². The van der Waals surface area contributed by atoms with E-state index >= 15 is 0 Å². The highest BCUT2D eigenvalue weighted by Crippen LogP contribution is 2.38. The molecule has 5 nitrogen and oxygen atoms in total. The standard InChI is InChI=1S/C17H14Cl2F3NO4/c1-25-16(24)9-23(26-2)14-8-11(4-5-12(14)18)27-15-6-3-10(7-13(15)19)17(20,21)22/h3-8H,9H2,1-2H3. The van der Waals surface area contributed by atoms with Gasteiger partial charge in [-0.15, -0.1) is 0 Å². The van der Waals surface area contributed by atoms with E-state index in [-0.39, 0.29) is 28.1 Å². The van der Waals surface area contributed by atoms with Crippen LogP contribution in [0.1, 0.15) is 5.56 Å². The third-order valence-electron chi connectivity index (χ3n) is 3.39. The Labute approximate surface area is 163 Å². The van der Waals surface area contributed by atoms with Gasteiger partial charge in [0.2, 0.25) is 0 Å². The monoisotopic (exact) mass is 423 g/mol. The Hall–Kier alpha value is -2.16. The fourth-order valence-corrected chi connectivity index (χ4v) is 2.49. The minimum atomic E-state index is -4.51. The predicted molar refractivity (Wildman–Crippen MR) is 94.4 cm³/mol. The molecule has 0 aliphatic carbocycles. The first-order valence-corrected chi connectivity index (χ1v) is 8.14. The smallest absolute Gasteiger partial charge is 0.416 e. The van der Waals surface area contributed by atoms with E-state index in [4.69, 9.17) is 32.8 Å². The number of carbonyl (C=O) groups excluding carboxylic acids is 1. The fraction of sp³-hybridized carbons (Fsp3) is 0.235. The molecule has 0 radical (unpaired) electrons. The molecule has 0 heterocycles. The first-order valence-electron chi connectivity index (χ1n) is 7.38. The van der Waals surface area contributed by atoms with Gasteiger partial charge in [0, 0.05) is 6.07 Å². The van der Waals surface area contributed by atoms with E-state index in [1.807, 2.05) is 0 Å². The molecule has 2 aromatic carbocycles. The fourth-order valence-electron chi connectivity index (χ4n) is 2.06. The zero-order valence-corrected chi connectivity index (χ0v) is 15.7. The van der Waals surface area contributed by atoms with Gasteiger partial charge >= 0.3 is 12.1 Å². The maximum absolute atomic E-state index is 12.7. The zero-order chi connectivity index (χ0) is 20.2. The first-order chi connectivity index (χ1) is 12.7. The molecule has 0 aliphatic rings. The van der Waals surface area contributed by atoms with Crippen molar-refractivity contribution in [1.29, 1.82) is 0 Å². The summed E-state index contributed by atoms with van der Waals surface area (Å²) >= 11 is 12.0. The lowest BCUT2D eigenvalue weighted by Crippen LogP contribution is -2.29. The number of ether oxygens (including phenoxy) is 2. The average Bonchev–Trinajstić information content (AvgIpc) is 2.62. The van der Waals surface area contributed by atoms with Crippen LogP contribution in [0.5, 0.6) is 11.5 Å². The molecule has 0 N–H and O–H groups in total. The normalized spacial score (nSPS) is 11.2. The van der Waals surface area contributed by atoms with Crippen LogP contribution >= 0.6 is 23.2 Å². The minimum absolute atomic E-state index is 0.0230. The van der Waals surface area contributed by atoms with Crippen LogP contribution in [-0.4, -0.2) is 26.7 Å². The maximum atomic E-state index is 12.7. The van der Waals surface area contributed by atoms with Crippen molar-refractivity contribution in [3.8, 4) is 11.5 Å². The third-order valence-corrected chi connectivity index (χ3v) is 4.01. The summed E-state index contributed by atoms with van der Waals surface area (Å²) in [7, 11) is 2.56. The lowest BCUT2D eigenvalue weighted by atomic mass is 10.2. The predicted octanol–water partition coefficient (Wildman–Crippen LogP) is 5.35. The molecule has 0 saturated carbocycles. The Morgan fingerprint density at radius 2 is 1.78 bits per heavy atom. The highest BCUT2D eigenvalue weighted by molar-refractivity contribution is 6.33. The van der Waals surface area contributed by atoms with E-state index in [1.54, 1.807) is 0 Å². The van der Waals surface area contributed by atoms with Gasteiger partial charge in [-0.25, -0.2) is 5.06 Å². The number of anilines is 1. The summed E-state index contributed by atoms with van der Waals surface area (Å²) in [5.74, 6) is -0.317. The van der Waals surface area contributed by atoms with Gasteiger partial charge in [-0.1, -0.05) is 23.2 Å². The summed E-state index contributed by atoms with van der Waals surface area (Å²) in [4.78, 5) is 16.6. The molecule has 2 aromatic rings. The van der Waals surface area contributed by atoms with E-state index in [0.717, 1.165) is 18.2 Å². The molecule has 146 valence electrons. The van der Waals surface area contributed by atoms with Crippen molar-refractivity contribution in [2.45, 2.75) is 6.18 Å². The van der Waals surface area contributed by atoms with Crippen LogP contribution in [0.15, 0.2) is 36.4 Å². The number of esters is 1. The number of alkyl halides is 3. The highest BCUT2D eigenvalue weighted by Gasteiger charge is 2.31. The Morgan fingerprint density at radius 3 is 2.33 bits per heavy atom. The summed E-state index contributed by atoms with van der Waals surface area (Å²) in [5.41, 5.74) is -0.592. The van der Waals surface area contributed by atoms with Crippen LogP contribution in [0.3, 0.4) is 0 Å². The SMILES string of the molecule is COC(=O)CN(OC)c1cc(Oc2ccc(C(F)(F)F)cc2Cl)ccc1Cl. The molecule has 0 unspecified atom stereocenters. The van der Waals surface area contributed by atoms with E-state index in [9.17, 15) is 18.0 Å². The topological polar surface area (TPSA) is 48.0 Å². The van der Waals surface area contributed by atoms with E-state index in [2.05, 4.69) is 4.74 Å². The second-order valence-electron chi connectivity index (χ2n) is 5.15. The van der Waals surface area contributed by atoms with Crippen molar-refractivity contribution in [2.24, 2.45) is 0 Å². The van der Waals surface area contributed by atoms with Gasteiger partial charge in [0.05, 0.1) is 35.5 Å².